The maximum absolute atomic E-state index is 13.6. The third kappa shape index (κ3) is 4.08. The van der Waals surface area contributed by atoms with E-state index in [9.17, 15) is 26.7 Å². The van der Waals surface area contributed by atoms with Gasteiger partial charge in [0.15, 0.2) is 11.5 Å². The average Bonchev–Trinajstić information content (AvgIpc) is 2.78. The van der Waals surface area contributed by atoms with Crippen LogP contribution in [0.5, 0.6) is 0 Å². The number of aryl methyl sites for hydroxylation is 1. The molecule has 3 heterocycles. The standard InChI is InChI=1S/C22H15F5N4O/c23-19(24)14-7-4-10-28-17(14)20-30-15-8-11-29-18(22(25,26)27)16(15)21(32)31(20)12-9-13-5-2-1-3-6-13/h1-8,10-11,19H,9,12H2. The predicted molar refractivity (Wildman–Crippen MR) is 107 cm³/mol. The monoisotopic (exact) mass is 446 g/mol. The minimum absolute atomic E-state index is 0.0907. The number of aromatic nitrogens is 4. The van der Waals surface area contributed by atoms with Crippen LogP contribution >= 0.6 is 0 Å². The minimum atomic E-state index is -4.89. The molecule has 4 aromatic rings. The first-order valence-corrected chi connectivity index (χ1v) is 9.51. The molecule has 0 unspecified atom stereocenters. The summed E-state index contributed by atoms with van der Waals surface area (Å²) >= 11 is 0. The zero-order valence-electron chi connectivity index (χ0n) is 16.4. The average molecular weight is 446 g/mol. The van der Waals surface area contributed by atoms with Crippen molar-refractivity contribution in [2.24, 2.45) is 0 Å². The highest BCUT2D eigenvalue weighted by Gasteiger charge is 2.36. The van der Waals surface area contributed by atoms with Gasteiger partial charge in [0.1, 0.15) is 5.69 Å². The number of pyridine rings is 2. The summed E-state index contributed by atoms with van der Waals surface area (Å²) < 4.78 is 68.8. The molecular formula is C22H15F5N4O. The second kappa shape index (κ2) is 8.45. The van der Waals surface area contributed by atoms with Crippen LogP contribution in [0.3, 0.4) is 0 Å². The van der Waals surface area contributed by atoms with Crippen molar-refractivity contribution in [2.75, 3.05) is 0 Å². The van der Waals surface area contributed by atoms with Crippen molar-refractivity contribution in [3.8, 4) is 11.5 Å². The third-order valence-corrected chi connectivity index (χ3v) is 4.89. The third-order valence-electron chi connectivity index (χ3n) is 4.89. The van der Waals surface area contributed by atoms with E-state index in [2.05, 4.69) is 15.0 Å². The van der Waals surface area contributed by atoms with Crippen molar-refractivity contribution in [1.29, 1.82) is 0 Å². The van der Waals surface area contributed by atoms with Gasteiger partial charge in [-0.15, -0.1) is 0 Å². The summed E-state index contributed by atoms with van der Waals surface area (Å²) in [5, 5.41) is -0.716. The molecule has 0 saturated carbocycles. The molecule has 0 fully saturated rings. The quantitative estimate of drug-likeness (QED) is 0.403. The highest BCUT2D eigenvalue weighted by atomic mass is 19.4. The van der Waals surface area contributed by atoms with Crippen LogP contribution in [0.1, 0.15) is 23.2 Å². The maximum atomic E-state index is 13.6. The lowest BCUT2D eigenvalue weighted by molar-refractivity contribution is -0.139. The van der Waals surface area contributed by atoms with Gasteiger partial charge in [-0.3, -0.25) is 19.3 Å². The summed E-state index contributed by atoms with van der Waals surface area (Å²) in [6.07, 6.45) is -5.41. The number of rotatable bonds is 5. The van der Waals surface area contributed by atoms with E-state index in [1.807, 2.05) is 0 Å². The Morgan fingerprint density at radius 1 is 0.938 bits per heavy atom. The van der Waals surface area contributed by atoms with Crippen molar-refractivity contribution < 1.29 is 22.0 Å². The lowest BCUT2D eigenvalue weighted by Crippen LogP contribution is -2.27. The van der Waals surface area contributed by atoms with Gasteiger partial charge in [0, 0.05) is 24.5 Å². The van der Waals surface area contributed by atoms with Crippen LogP contribution in [0.2, 0.25) is 0 Å². The molecule has 5 nitrogen and oxygen atoms in total. The van der Waals surface area contributed by atoms with Gasteiger partial charge < -0.3 is 0 Å². The second-order valence-corrected chi connectivity index (χ2v) is 6.92. The number of alkyl halides is 5. The van der Waals surface area contributed by atoms with Crippen LogP contribution < -0.4 is 5.56 Å². The highest BCUT2D eigenvalue weighted by molar-refractivity contribution is 5.82. The highest BCUT2D eigenvalue weighted by Crippen LogP contribution is 2.33. The summed E-state index contributed by atoms with van der Waals surface area (Å²) in [6, 6.07) is 12.5. The normalized spacial score (nSPS) is 11.9. The Balaban J connectivity index is 1.99. The number of nitrogens with zero attached hydrogens (tertiary/aromatic N) is 4. The van der Waals surface area contributed by atoms with Crippen molar-refractivity contribution in [2.45, 2.75) is 25.6 Å². The van der Waals surface area contributed by atoms with Gasteiger partial charge in [-0.05, 0) is 30.2 Å². The van der Waals surface area contributed by atoms with Crippen LogP contribution in [0.25, 0.3) is 22.4 Å². The molecule has 4 rings (SSSR count). The van der Waals surface area contributed by atoms with E-state index < -0.39 is 34.8 Å². The molecule has 0 atom stereocenters. The Bertz CT molecular complexity index is 1320. The van der Waals surface area contributed by atoms with Gasteiger partial charge in [0.05, 0.1) is 10.9 Å². The molecule has 0 aliphatic carbocycles. The van der Waals surface area contributed by atoms with Crippen molar-refractivity contribution >= 4 is 10.9 Å². The number of fused-ring (bicyclic) bond motifs is 1. The fraction of sp³-hybridized carbons (Fsp3) is 0.182. The molecule has 0 radical (unpaired) electrons. The molecule has 3 aromatic heterocycles. The predicted octanol–water partition coefficient (Wildman–Crippen LogP) is 5.05. The summed E-state index contributed by atoms with van der Waals surface area (Å²) in [5.41, 5.74) is -2.62. The summed E-state index contributed by atoms with van der Waals surface area (Å²) in [7, 11) is 0. The fourth-order valence-corrected chi connectivity index (χ4v) is 3.43. The Morgan fingerprint density at radius 2 is 1.69 bits per heavy atom. The van der Waals surface area contributed by atoms with Crippen LogP contribution in [-0.2, 0) is 19.1 Å². The van der Waals surface area contributed by atoms with Gasteiger partial charge in [0.2, 0.25) is 0 Å². The number of hydrogen-bond donors (Lipinski definition) is 0. The zero-order valence-corrected chi connectivity index (χ0v) is 16.4. The SMILES string of the molecule is O=c1c2c(C(F)(F)F)nccc2nc(-c2ncccc2C(F)F)n1CCc1ccccc1. The summed E-state index contributed by atoms with van der Waals surface area (Å²) in [5.74, 6) is -0.228. The molecule has 164 valence electrons. The van der Waals surface area contributed by atoms with E-state index in [4.69, 9.17) is 0 Å². The topological polar surface area (TPSA) is 60.7 Å². The lowest BCUT2D eigenvalue weighted by Gasteiger charge is -2.17. The first-order chi connectivity index (χ1) is 15.3. The molecular weight excluding hydrogens is 431 g/mol. The first-order valence-electron chi connectivity index (χ1n) is 9.51. The molecule has 0 N–H and O–H groups in total. The van der Waals surface area contributed by atoms with Crippen LogP contribution in [-0.4, -0.2) is 19.5 Å². The van der Waals surface area contributed by atoms with E-state index in [1.165, 1.54) is 12.3 Å². The van der Waals surface area contributed by atoms with E-state index in [0.29, 0.717) is 0 Å². The van der Waals surface area contributed by atoms with Gasteiger partial charge >= 0.3 is 6.18 Å². The van der Waals surface area contributed by atoms with Gasteiger partial charge in [0.25, 0.3) is 12.0 Å². The fourth-order valence-electron chi connectivity index (χ4n) is 3.43. The largest absolute Gasteiger partial charge is 0.434 e. The van der Waals surface area contributed by atoms with Gasteiger partial charge in [-0.25, -0.2) is 13.8 Å². The van der Waals surface area contributed by atoms with Crippen molar-refractivity contribution in [1.82, 2.24) is 19.5 Å². The Kier molecular flexibility index (Phi) is 5.68. The van der Waals surface area contributed by atoms with Crippen LogP contribution in [0.4, 0.5) is 22.0 Å². The molecule has 1 aromatic carbocycles. The second-order valence-electron chi connectivity index (χ2n) is 6.92. The van der Waals surface area contributed by atoms with E-state index in [1.54, 1.807) is 30.3 Å². The molecule has 0 aliphatic rings. The number of benzene rings is 1. The minimum Gasteiger partial charge on any atom is -0.290 e. The smallest absolute Gasteiger partial charge is 0.290 e. The molecule has 0 bridgehead atoms. The molecule has 0 amide bonds. The Hall–Kier alpha value is -3.69. The molecule has 0 aliphatic heterocycles. The van der Waals surface area contributed by atoms with Crippen LogP contribution in [0, 0.1) is 0 Å². The zero-order chi connectivity index (χ0) is 22.9. The first kappa shape index (κ1) is 21.5. The van der Waals surface area contributed by atoms with E-state index in [0.717, 1.165) is 28.5 Å². The van der Waals surface area contributed by atoms with E-state index in [-0.39, 0.29) is 30.0 Å². The summed E-state index contributed by atoms with van der Waals surface area (Å²) in [4.78, 5) is 24.7. The summed E-state index contributed by atoms with van der Waals surface area (Å²) in [6.45, 7) is -0.0907. The van der Waals surface area contributed by atoms with Crippen molar-refractivity contribution in [3.05, 3.63) is 88.1 Å². The maximum Gasteiger partial charge on any atom is 0.434 e. The number of hydrogen-bond acceptors (Lipinski definition) is 4. The van der Waals surface area contributed by atoms with E-state index >= 15 is 0 Å². The molecule has 0 saturated heterocycles. The Labute approximate surface area is 178 Å². The molecule has 0 spiro atoms. The van der Waals surface area contributed by atoms with Crippen LogP contribution in [0.15, 0.2) is 65.7 Å². The van der Waals surface area contributed by atoms with Crippen molar-refractivity contribution in [3.63, 3.8) is 0 Å². The molecule has 32 heavy (non-hydrogen) atoms. The van der Waals surface area contributed by atoms with Gasteiger partial charge in [-0.1, -0.05) is 30.3 Å². The Morgan fingerprint density at radius 3 is 2.38 bits per heavy atom. The lowest BCUT2D eigenvalue weighted by atomic mass is 10.1. The number of halogens is 5. The molecule has 10 heteroatoms. The van der Waals surface area contributed by atoms with Gasteiger partial charge in [-0.2, -0.15) is 13.2 Å².